The van der Waals surface area contributed by atoms with Gasteiger partial charge in [-0.05, 0) is 32.2 Å². The van der Waals surface area contributed by atoms with E-state index in [1.807, 2.05) is 17.5 Å². The van der Waals surface area contributed by atoms with E-state index in [1.165, 1.54) is 11.3 Å². The molecule has 19 heavy (non-hydrogen) atoms. The minimum Gasteiger partial charge on any atom is -0.481 e. The highest BCUT2D eigenvalue weighted by Crippen LogP contribution is 2.23. The number of alkyl carbamates (subject to hydrolysis) is 1. The van der Waals surface area contributed by atoms with Gasteiger partial charge in [-0.15, -0.1) is 11.3 Å². The van der Waals surface area contributed by atoms with Crippen molar-refractivity contribution in [1.82, 2.24) is 5.32 Å². The molecule has 6 heteroatoms. The molecule has 0 aliphatic heterocycles. The van der Waals surface area contributed by atoms with Crippen LogP contribution in [0.5, 0.6) is 0 Å². The number of rotatable bonds is 5. The first-order valence-electron chi connectivity index (χ1n) is 6.00. The van der Waals surface area contributed by atoms with Crippen molar-refractivity contribution in [2.24, 2.45) is 0 Å². The second-order valence-electron chi connectivity index (χ2n) is 5.19. The maximum Gasteiger partial charge on any atom is 0.407 e. The summed E-state index contributed by atoms with van der Waals surface area (Å²) in [5.41, 5.74) is -0.560. The van der Waals surface area contributed by atoms with Gasteiger partial charge in [-0.25, -0.2) is 4.79 Å². The Balaban J connectivity index is 2.55. The zero-order valence-corrected chi connectivity index (χ0v) is 12.1. The van der Waals surface area contributed by atoms with Crippen LogP contribution in [0.2, 0.25) is 0 Å². The standard InChI is InChI=1S/C13H19NO4S/c1-13(2,3)18-12(17)14-8-9(7-11(15)16)10-5-4-6-19-10/h4-6,9H,7-8H2,1-3H3,(H,14,17)(H,15,16). The lowest BCUT2D eigenvalue weighted by atomic mass is 10.0. The summed E-state index contributed by atoms with van der Waals surface area (Å²) in [6.07, 6.45) is -0.546. The van der Waals surface area contributed by atoms with E-state index in [0.717, 1.165) is 4.88 Å². The van der Waals surface area contributed by atoms with Gasteiger partial charge < -0.3 is 15.2 Å². The number of nitrogens with one attached hydrogen (secondary N) is 1. The first kappa shape index (κ1) is 15.5. The average Bonchev–Trinajstić information content (AvgIpc) is 2.74. The Bertz CT molecular complexity index is 422. The summed E-state index contributed by atoms with van der Waals surface area (Å²) >= 11 is 1.48. The summed E-state index contributed by atoms with van der Waals surface area (Å²) in [7, 11) is 0. The number of ether oxygens (including phenoxy) is 1. The molecule has 0 saturated carbocycles. The van der Waals surface area contributed by atoms with E-state index in [2.05, 4.69) is 5.32 Å². The van der Waals surface area contributed by atoms with Gasteiger partial charge in [0.2, 0.25) is 0 Å². The van der Waals surface area contributed by atoms with Gasteiger partial charge in [0.25, 0.3) is 0 Å². The molecule has 5 nitrogen and oxygen atoms in total. The van der Waals surface area contributed by atoms with Crippen LogP contribution >= 0.6 is 11.3 Å². The zero-order valence-electron chi connectivity index (χ0n) is 11.3. The van der Waals surface area contributed by atoms with Crippen LogP contribution in [0.4, 0.5) is 4.79 Å². The van der Waals surface area contributed by atoms with Crippen molar-refractivity contribution >= 4 is 23.4 Å². The quantitative estimate of drug-likeness (QED) is 0.872. The Morgan fingerprint density at radius 1 is 1.47 bits per heavy atom. The van der Waals surface area contributed by atoms with Crippen molar-refractivity contribution in [2.45, 2.75) is 38.7 Å². The van der Waals surface area contributed by atoms with Gasteiger partial charge in [0.1, 0.15) is 5.60 Å². The second kappa shape index (κ2) is 6.56. The fraction of sp³-hybridized carbons (Fsp3) is 0.538. The minimum absolute atomic E-state index is 0.0175. The average molecular weight is 285 g/mol. The number of carbonyl (C=O) groups is 2. The minimum atomic E-state index is -0.885. The maximum absolute atomic E-state index is 11.5. The Labute approximate surface area is 116 Å². The van der Waals surface area contributed by atoms with Crippen LogP contribution in [0.1, 0.15) is 38.0 Å². The van der Waals surface area contributed by atoms with Crippen LogP contribution in [-0.4, -0.2) is 29.3 Å². The molecule has 0 spiro atoms. The van der Waals surface area contributed by atoms with E-state index in [-0.39, 0.29) is 18.9 Å². The molecule has 106 valence electrons. The van der Waals surface area contributed by atoms with Crippen LogP contribution in [0.25, 0.3) is 0 Å². The van der Waals surface area contributed by atoms with Gasteiger partial charge in [0, 0.05) is 17.3 Å². The molecule has 1 rings (SSSR count). The van der Waals surface area contributed by atoms with E-state index in [1.54, 1.807) is 20.8 Å². The Morgan fingerprint density at radius 2 is 2.16 bits per heavy atom. The predicted octanol–water partition coefficient (Wildman–Crippen LogP) is 2.83. The molecule has 0 aliphatic rings. The van der Waals surface area contributed by atoms with E-state index < -0.39 is 17.7 Å². The molecular weight excluding hydrogens is 266 g/mol. The lowest BCUT2D eigenvalue weighted by Crippen LogP contribution is -2.35. The lowest BCUT2D eigenvalue weighted by Gasteiger charge is -2.21. The summed E-state index contributed by atoms with van der Waals surface area (Å²) in [5.74, 6) is -1.12. The molecular formula is C13H19NO4S. The normalized spacial score (nSPS) is 12.8. The summed E-state index contributed by atoms with van der Waals surface area (Å²) in [6, 6.07) is 3.73. The highest BCUT2D eigenvalue weighted by Gasteiger charge is 2.20. The Morgan fingerprint density at radius 3 is 2.63 bits per heavy atom. The number of hydrogen-bond acceptors (Lipinski definition) is 4. The van der Waals surface area contributed by atoms with Crippen molar-refractivity contribution in [2.75, 3.05) is 6.54 Å². The Hall–Kier alpha value is -1.56. The lowest BCUT2D eigenvalue weighted by molar-refractivity contribution is -0.137. The summed E-state index contributed by atoms with van der Waals surface area (Å²) in [5, 5.41) is 13.4. The molecule has 1 heterocycles. The molecule has 0 aliphatic carbocycles. The Kier molecular flexibility index (Phi) is 5.35. The third-order valence-corrected chi connectivity index (χ3v) is 3.29. The van der Waals surface area contributed by atoms with Crippen LogP contribution < -0.4 is 5.32 Å². The third kappa shape index (κ3) is 6.24. The van der Waals surface area contributed by atoms with Crippen LogP contribution in [-0.2, 0) is 9.53 Å². The number of thiophene rings is 1. The molecule has 0 aromatic carbocycles. The predicted molar refractivity (Wildman–Crippen MR) is 73.5 cm³/mol. The molecule has 1 aromatic rings. The third-order valence-electron chi connectivity index (χ3n) is 2.26. The van der Waals surface area contributed by atoms with Gasteiger partial charge in [0.05, 0.1) is 6.42 Å². The molecule has 0 fully saturated rings. The molecule has 0 saturated heterocycles. The van der Waals surface area contributed by atoms with Gasteiger partial charge in [-0.3, -0.25) is 4.79 Å². The molecule has 1 unspecified atom stereocenters. The van der Waals surface area contributed by atoms with Gasteiger partial charge >= 0.3 is 12.1 Å². The molecule has 0 bridgehead atoms. The summed E-state index contributed by atoms with van der Waals surface area (Å²) in [6.45, 7) is 5.59. The summed E-state index contributed by atoms with van der Waals surface area (Å²) < 4.78 is 5.12. The van der Waals surface area contributed by atoms with Gasteiger partial charge in [-0.1, -0.05) is 6.07 Å². The smallest absolute Gasteiger partial charge is 0.407 e. The number of carboxylic acids is 1. The van der Waals surface area contributed by atoms with E-state index >= 15 is 0 Å². The maximum atomic E-state index is 11.5. The van der Waals surface area contributed by atoms with Gasteiger partial charge in [-0.2, -0.15) is 0 Å². The SMILES string of the molecule is CC(C)(C)OC(=O)NCC(CC(=O)O)c1cccs1. The van der Waals surface area contributed by atoms with Crippen LogP contribution in [0, 0.1) is 0 Å². The van der Waals surface area contributed by atoms with Crippen LogP contribution in [0.3, 0.4) is 0 Å². The summed E-state index contributed by atoms with van der Waals surface area (Å²) in [4.78, 5) is 23.3. The zero-order chi connectivity index (χ0) is 14.5. The first-order valence-corrected chi connectivity index (χ1v) is 6.88. The number of amides is 1. The van der Waals surface area contributed by atoms with Crippen molar-refractivity contribution < 1.29 is 19.4 Å². The van der Waals surface area contributed by atoms with E-state index in [9.17, 15) is 9.59 Å². The highest BCUT2D eigenvalue weighted by molar-refractivity contribution is 7.10. The van der Waals surface area contributed by atoms with E-state index in [4.69, 9.17) is 9.84 Å². The fourth-order valence-corrected chi connectivity index (χ4v) is 2.36. The number of carboxylic acid groups (broad SMARTS) is 1. The van der Waals surface area contributed by atoms with Crippen LogP contribution in [0.15, 0.2) is 17.5 Å². The molecule has 1 atom stereocenters. The van der Waals surface area contributed by atoms with Crippen molar-refractivity contribution in [3.8, 4) is 0 Å². The first-order chi connectivity index (χ1) is 8.78. The fourth-order valence-electron chi connectivity index (χ4n) is 1.53. The molecule has 1 amide bonds. The molecule has 1 aromatic heterocycles. The van der Waals surface area contributed by atoms with Crippen molar-refractivity contribution in [3.05, 3.63) is 22.4 Å². The highest BCUT2D eigenvalue weighted by atomic mass is 32.1. The molecule has 2 N–H and O–H groups in total. The second-order valence-corrected chi connectivity index (χ2v) is 6.17. The topological polar surface area (TPSA) is 75.6 Å². The number of hydrogen-bond donors (Lipinski definition) is 2. The van der Waals surface area contributed by atoms with Crippen molar-refractivity contribution in [1.29, 1.82) is 0 Å². The van der Waals surface area contributed by atoms with Crippen molar-refractivity contribution in [3.63, 3.8) is 0 Å². The molecule has 0 radical (unpaired) electrons. The van der Waals surface area contributed by atoms with Gasteiger partial charge in [0.15, 0.2) is 0 Å². The largest absolute Gasteiger partial charge is 0.481 e. The number of carbonyl (C=O) groups excluding carboxylic acids is 1. The van der Waals surface area contributed by atoms with E-state index in [0.29, 0.717) is 0 Å². The number of aliphatic carboxylic acids is 1. The monoisotopic (exact) mass is 285 g/mol.